The van der Waals surface area contributed by atoms with Gasteiger partial charge in [-0.25, -0.2) is 0 Å². The van der Waals surface area contributed by atoms with E-state index in [-0.39, 0.29) is 5.84 Å². The highest BCUT2D eigenvalue weighted by molar-refractivity contribution is 5.99. The summed E-state index contributed by atoms with van der Waals surface area (Å²) in [6.45, 7) is 5.45. The Labute approximate surface area is 125 Å². The molecule has 6 nitrogen and oxygen atoms in total. The summed E-state index contributed by atoms with van der Waals surface area (Å²) in [5.41, 5.74) is 7.43. The first-order valence-electron chi connectivity index (χ1n) is 7.16. The second kappa shape index (κ2) is 7.28. The molecule has 1 atom stereocenters. The molecule has 0 amide bonds. The Bertz CT molecular complexity index is 505. The largest absolute Gasteiger partial charge is 0.496 e. The minimum Gasteiger partial charge on any atom is -0.496 e. The van der Waals surface area contributed by atoms with E-state index in [1.807, 2.05) is 18.2 Å². The van der Waals surface area contributed by atoms with Gasteiger partial charge in [0.1, 0.15) is 5.75 Å². The summed E-state index contributed by atoms with van der Waals surface area (Å²) in [4.78, 5) is 2.40. The van der Waals surface area contributed by atoms with Crippen LogP contribution in [-0.2, 0) is 11.3 Å². The van der Waals surface area contributed by atoms with Crippen LogP contribution in [0.4, 0.5) is 0 Å². The van der Waals surface area contributed by atoms with Gasteiger partial charge < -0.3 is 20.4 Å². The lowest BCUT2D eigenvalue weighted by molar-refractivity contribution is -0.0127. The highest BCUT2D eigenvalue weighted by Gasteiger charge is 2.21. The van der Waals surface area contributed by atoms with Gasteiger partial charge in [0, 0.05) is 19.1 Å². The summed E-state index contributed by atoms with van der Waals surface area (Å²) in [5.74, 6) is 0.658. The van der Waals surface area contributed by atoms with Gasteiger partial charge in [0.05, 0.1) is 25.9 Å². The Hall–Kier alpha value is -1.79. The molecule has 6 heteroatoms. The van der Waals surface area contributed by atoms with Crippen LogP contribution in [0.1, 0.15) is 24.5 Å². The van der Waals surface area contributed by atoms with E-state index in [0.717, 1.165) is 38.3 Å². The van der Waals surface area contributed by atoms with Crippen LogP contribution in [0.25, 0.3) is 0 Å². The van der Waals surface area contributed by atoms with Crippen LogP contribution in [0.15, 0.2) is 23.4 Å². The van der Waals surface area contributed by atoms with Gasteiger partial charge in [-0.1, -0.05) is 18.1 Å². The first kappa shape index (κ1) is 15.6. The number of ether oxygens (including phenoxy) is 2. The van der Waals surface area contributed by atoms with Gasteiger partial charge in [-0.15, -0.1) is 0 Å². The maximum atomic E-state index is 8.88. The van der Waals surface area contributed by atoms with Crippen LogP contribution in [0.2, 0.25) is 0 Å². The average Bonchev–Trinajstić information content (AvgIpc) is 2.54. The molecule has 0 aromatic heterocycles. The average molecular weight is 293 g/mol. The third-order valence-electron chi connectivity index (χ3n) is 3.85. The number of morpholine rings is 1. The number of methoxy groups -OCH3 is 1. The summed E-state index contributed by atoms with van der Waals surface area (Å²) < 4.78 is 10.8. The fourth-order valence-electron chi connectivity index (χ4n) is 2.62. The molecule has 1 aromatic rings. The van der Waals surface area contributed by atoms with Crippen LogP contribution in [-0.4, -0.2) is 48.9 Å². The molecule has 21 heavy (non-hydrogen) atoms. The van der Waals surface area contributed by atoms with E-state index >= 15 is 0 Å². The Morgan fingerprint density at radius 2 is 2.38 bits per heavy atom. The van der Waals surface area contributed by atoms with Crippen LogP contribution in [0.5, 0.6) is 5.75 Å². The first-order chi connectivity index (χ1) is 10.2. The second-order valence-electron chi connectivity index (χ2n) is 5.13. The van der Waals surface area contributed by atoms with Crippen molar-refractivity contribution in [3.05, 3.63) is 29.3 Å². The van der Waals surface area contributed by atoms with E-state index < -0.39 is 0 Å². The van der Waals surface area contributed by atoms with Crippen molar-refractivity contribution in [2.75, 3.05) is 26.9 Å². The molecule has 0 saturated carbocycles. The molecule has 1 unspecified atom stereocenters. The number of hydrogen-bond acceptors (Lipinski definition) is 5. The lowest BCUT2D eigenvalue weighted by Gasteiger charge is -2.35. The third kappa shape index (κ3) is 3.65. The molecule has 0 bridgehead atoms. The highest BCUT2D eigenvalue weighted by atomic mass is 16.5. The van der Waals surface area contributed by atoms with Crippen LogP contribution >= 0.6 is 0 Å². The van der Waals surface area contributed by atoms with Crippen molar-refractivity contribution in [1.82, 2.24) is 4.90 Å². The van der Waals surface area contributed by atoms with E-state index in [4.69, 9.17) is 20.4 Å². The lowest BCUT2D eigenvalue weighted by atomic mass is 10.1. The van der Waals surface area contributed by atoms with Crippen molar-refractivity contribution < 1.29 is 14.7 Å². The van der Waals surface area contributed by atoms with Gasteiger partial charge in [-0.2, -0.15) is 0 Å². The van der Waals surface area contributed by atoms with Gasteiger partial charge >= 0.3 is 0 Å². The predicted molar refractivity (Wildman–Crippen MR) is 80.8 cm³/mol. The molecule has 1 aliphatic heterocycles. The van der Waals surface area contributed by atoms with Gasteiger partial charge in [0.2, 0.25) is 0 Å². The Morgan fingerprint density at radius 3 is 3.05 bits per heavy atom. The Balaban J connectivity index is 2.20. The van der Waals surface area contributed by atoms with Gasteiger partial charge in [-0.05, 0) is 24.1 Å². The van der Waals surface area contributed by atoms with Crippen molar-refractivity contribution in [3.63, 3.8) is 0 Å². The number of nitrogens with two attached hydrogens (primary N) is 1. The maximum absolute atomic E-state index is 8.88. The smallest absolute Gasteiger partial charge is 0.173 e. The first-order valence-corrected chi connectivity index (χ1v) is 7.16. The summed E-state index contributed by atoms with van der Waals surface area (Å²) in [7, 11) is 1.57. The lowest BCUT2D eigenvalue weighted by Crippen LogP contribution is -2.44. The second-order valence-corrected chi connectivity index (χ2v) is 5.13. The molecule has 0 radical (unpaired) electrons. The van der Waals surface area contributed by atoms with Gasteiger partial charge in [0.15, 0.2) is 5.84 Å². The summed E-state index contributed by atoms with van der Waals surface area (Å²) in [6, 6.07) is 6.21. The number of benzene rings is 1. The van der Waals surface area contributed by atoms with Gasteiger partial charge in [0.25, 0.3) is 0 Å². The van der Waals surface area contributed by atoms with Crippen molar-refractivity contribution in [3.8, 4) is 5.75 Å². The fourth-order valence-corrected chi connectivity index (χ4v) is 2.62. The number of hydrogen-bond donors (Lipinski definition) is 2. The van der Waals surface area contributed by atoms with Crippen molar-refractivity contribution in [2.24, 2.45) is 10.9 Å². The molecule has 116 valence electrons. The Kier molecular flexibility index (Phi) is 5.41. The number of nitrogens with zero attached hydrogens (tertiary/aromatic N) is 2. The number of rotatable bonds is 5. The SMILES string of the molecule is CCC1COCCN1Cc1ccc(OC)c(C(N)=NO)c1. The fraction of sp³-hybridized carbons (Fsp3) is 0.533. The minimum atomic E-state index is 0.0581. The van der Waals surface area contributed by atoms with E-state index in [1.54, 1.807) is 7.11 Å². The zero-order valence-corrected chi connectivity index (χ0v) is 12.6. The van der Waals surface area contributed by atoms with Crippen LogP contribution < -0.4 is 10.5 Å². The molecular formula is C15H23N3O3. The molecular weight excluding hydrogens is 270 g/mol. The molecule has 0 spiro atoms. The number of oxime groups is 1. The summed E-state index contributed by atoms with van der Waals surface area (Å²) in [5, 5.41) is 11.9. The molecule has 1 aliphatic rings. The zero-order valence-electron chi connectivity index (χ0n) is 12.6. The summed E-state index contributed by atoms with van der Waals surface area (Å²) in [6.07, 6.45) is 1.06. The maximum Gasteiger partial charge on any atom is 0.173 e. The monoisotopic (exact) mass is 293 g/mol. The molecule has 2 rings (SSSR count). The molecule has 3 N–H and O–H groups in total. The number of amidine groups is 1. The summed E-state index contributed by atoms with van der Waals surface area (Å²) >= 11 is 0. The zero-order chi connectivity index (χ0) is 15.2. The van der Waals surface area contributed by atoms with Crippen molar-refractivity contribution >= 4 is 5.84 Å². The van der Waals surface area contributed by atoms with Crippen LogP contribution in [0, 0.1) is 0 Å². The molecule has 0 aliphatic carbocycles. The minimum absolute atomic E-state index is 0.0581. The van der Waals surface area contributed by atoms with E-state index in [0.29, 0.717) is 17.4 Å². The third-order valence-corrected chi connectivity index (χ3v) is 3.85. The van der Waals surface area contributed by atoms with Gasteiger partial charge in [-0.3, -0.25) is 4.90 Å². The molecule has 1 saturated heterocycles. The topological polar surface area (TPSA) is 80.3 Å². The standard InChI is InChI=1S/C15H23N3O3/c1-3-12-10-21-7-6-18(12)9-11-4-5-14(20-2)13(8-11)15(16)17-19/h4-5,8,12,19H,3,6-7,9-10H2,1-2H3,(H2,16,17). The van der Waals surface area contributed by atoms with E-state index in [1.165, 1.54) is 0 Å². The molecule has 1 heterocycles. The molecule has 1 aromatic carbocycles. The normalized spacial score (nSPS) is 20.5. The van der Waals surface area contributed by atoms with Crippen LogP contribution in [0.3, 0.4) is 0 Å². The van der Waals surface area contributed by atoms with Crippen molar-refractivity contribution in [1.29, 1.82) is 0 Å². The van der Waals surface area contributed by atoms with E-state index in [2.05, 4.69) is 17.0 Å². The quantitative estimate of drug-likeness (QED) is 0.371. The molecule has 1 fully saturated rings. The highest BCUT2D eigenvalue weighted by Crippen LogP contribution is 2.22. The van der Waals surface area contributed by atoms with E-state index in [9.17, 15) is 0 Å². The predicted octanol–water partition coefficient (Wildman–Crippen LogP) is 1.40. The Morgan fingerprint density at radius 1 is 1.57 bits per heavy atom. The van der Waals surface area contributed by atoms with Crippen molar-refractivity contribution in [2.45, 2.75) is 25.9 Å².